The average Bonchev–Trinajstić information content (AvgIpc) is 3.40. The summed E-state index contributed by atoms with van der Waals surface area (Å²) in [5.74, 6) is 1.22. The number of hydrogen-bond donors (Lipinski definition) is 2. The quantitative estimate of drug-likeness (QED) is 0.439. The maximum Gasteiger partial charge on any atom is 0.257 e. The Morgan fingerprint density at radius 2 is 1.83 bits per heavy atom. The number of carbonyl (C=O) groups is 2. The van der Waals surface area contributed by atoms with Crippen LogP contribution in [0.2, 0.25) is 0 Å². The zero-order chi connectivity index (χ0) is 28.3. The van der Waals surface area contributed by atoms with E-state index < -0.39 is 0 Å². The average molecular weight is 553 g/mol. The van der Waals surface area contributed by atoms with Crippen molar-refractivity contribution in [2.75, 3.05) is 39.1 Å². The highest BCUT2D eigenvalue weighted by Crippen LogP contribution is 2.36. The molecule has 0 aromatic heterocycles. The van der Waals surface area contributed by atoms with Gasteiger partial charge in [-0.15, -0.1) is 0 Å². The van der Waals surface area contributed by atoms with Gasteiger partial charge in [-0.05, 0) is 86.4 Å². The molecule has 0 saturated carbocycles. The van der Waals surface area contributed by atoms with Gasteiger partial charge in [0.05, 0.1) is 12.7 Å². The summed E-state index contributed by atoms with van der Waals surface area (Å²) >= 11 is 0. The Balaban J connectivity index is 1.19. The van der Waals surface area contributed by atoms with E-state index in [4.69, 9.17) is 9.47 Å². The van der Waals surface area contributed by atoms with Crippen molar-refractivity contribution in [2.45, 2.75) is 38.1 Å². The van der Waals surface area contributed by atoms with Crippen molar-refractivity contribution in [2.24, 2.45) is 0 Å². The van der Waals surface area contributed by atoms with Crippen LogP contribution in [-0.2, 0) is 6.61 Å². The first-order valence-electron chi connectivity index (χ1n) is 14.2. The summed E-state index contributed by atoms with van der Waals surface area (Å²) in [6, 6.07) is 21.4. The maximum absolute atomic E-state index is 13.4. The number of hydrogen-bond acceptors (Lipinski definition) is 6. The van der Waals surface area contributed by atoms with Crippen LogP contribution in [0.25, 0.3) is 6.08 Å². The van der Waals surface area contributed by atoms with E-state index in [1.807, 2.05) is 59.5 Å². The van der Waals surface area contributed by atoms with Crippen molar-refractivity contribution in [3.63, 3.8) is 0 Å². The molecular formula is C33H36N4O4. The van der Waals surface area contributed by atoms with E-state index in [0.717, 1.165) is 49.1 Å². The first-order chi connectivity index (χ1) is 20.0. The zero-order valence-electron chi connectivity index (χ0n) is 23.6. The molecule has 3 heterocycles. The summed E-state index contributed by atoms with van der Waals surface area (Å²) in [4.78, 5) is 30.6. The standard InChI is InChI=1S/C33H36N4O4/c1-36-15-13-26(14-16-36)34-32(38)25-9-10-27-28(20-25)35-31-24(12-17-37(31)33(27)39)18-23-8-11-29(40-2)30(19-23)41-21-22-6-4-3-5-7-22/h3-11,18-20,26,31,35H,12-17,21H2,1-2H3,(H,34,38)/b24-18+. The van der Waals surface area contributed by atoms with Crippen LogP contribution >= 0.6 is 0 Å². The van der Waals surface area contributed by atoms with E-state index in [1.165, 1.54) is 0 Å². The molecule has 3 aromatic rings. The minimum Gasteiger partial charge on any atom is -0.493 e. The number of anilines is 1. The molecule has 212 valence electrons. The second kappa shape index (κ2) is 11.7. The van der Waals surface area contributed by atoms with Crippen LogP contribution in [0, 0.1) is 0 Å². The summed E-state index contributed by atoms with van der Waals surface area (Å²) in [5.41, 5.74) is 5.01. The van der Waals surface area contributed by atoms with E-state index >= 15 is 0 Å². The third-order valence-corrected chi connectivity index (χ3v) is 8.20. The molecule has 2 saturated heterocycles. The minimum absolute atomic E-state index is 0.0176. The van der Waals surface area contributed by atoms with Crippen LogP contribution in [0.4, 0.5) is 5.69 Å². The van der Waals surface area contributed by atoms with Crippen molar-refractivity contribution in [1.82, 2.24) is 15.1 Å². The van der Waals surface area contributed by atoms with Gasteiger partial charge in [-0.25, -0.2) is 0 Å². The highest BCUT2D eigenvalue weighted by Gasteiger charge is 2.38. The largest absolute Gasteiger partial charge is 0.493 e. The predicted octanol–water partition coefficient (Wildman–Crippen LogP) is 4.78. The second-order valence-electron chi connectivity index (χ2n) is 11.0. The van der Waals surface area contributed by atoms with Crippen molar-refractivity contribution >= 4 is 23.6 Å². The summed E-state index contributed by atoms with van der Waals surface area (Å²) in [6.07, 6.45) is 4.49. The first kappa shape index (κ1) is 26.9. The van der Waals surface area contributed by atoms with Crippen LogP contribution in [0.15, 0.2) is 72.3 Å². The van der Waals surface area contributed by atoms with Gasteiger partial charge in [0, 0.05) is 23.8 Å². The molecule has 8 nitrogen and oxygen atoms in total. The maximum atomic E-state index is 13.4. The van der Waals surface area contributed by atoms with Gasteiger partial charge in [0.2, 0.25) is 0 Å². The van der Waals surface area contributed by atoms with E-state index in [0.29, 0.717) is 41.5 Å². The molecule has 0 bridgehead atoms. The fourth-order valence-corrected chi connectivity index (χ4v) is 5.82. The lowest BCUT2D eigenvalue weighted by atomic mass is 10.0. The number of benzene rings is 3. The fourth-order valence-electron chi connectivity index (χ4n) is 5.82. The molecule has 2 N–H and O–H groups in total. The topological polar surface area (TPSA) is 83.1 Å². The van der Waals surface area contributed by atoms with Crippen LogP contribution in [0.3, 0.4) is 0 Å². The summed E-state index contributed by atoms with van der Waals surface area (Å²) in [5, 5.41) is 6.72. The Labute approximate surface area is 240 Å². The molecule has 8 heteroatoms. The van der Waals surface area contributed by atoms with E-state index in [9.17, 15) is 9.59 Å². The van der Waals surface area contributed by atoms with Gasteiger partial charge in [-0.1, -0.05) is 42.5 Å². The smallest absolute Gasteiger partial charge is 0.257 e. The Hall–Kier alpha value is -4.30. The predicted molar refractivity (Wildman–Crippen MR) is 159 cm³/mol. The van der Waals surface area contributed by atoms with Gasteiger partial charge in [-0.2, -0.15) is 0 Å². The van der Waals surface area contributed by atoms with E-state index in [2.05, 4.69) is 28.7 Å². The molecule has 2 fully saturated rings. The van der Waals surface area contributed by atoms with Crippen LogP contribution in [-0.4, -0.2) is 67.6 Å². The SMILES string of the molecule is COc1ccc(/C=C2\CCN3C(=O)c4ccc(C(=O)NC5CCN(C)CC5)cc4NC23)cc1OCc1ccccc1. The summed E-state index contributed by atoms with van der Waals surface area (Å²) in [6.45, 7) is 3.03. The lowest BCUT2D eigenvalue weighted by molar-refractivity contribution is 0.0748. The highest BCUT2D eigenvalue weighted by atomic mass is 16.5. The number of carbonyl (C=O) groups excluding carboxylic acids is 2. The van der Waals surface area contributed by atoms with Gasteiger partial charge in [0.15, 0.2) is 11.5 Å². The molecule has 2 amide bonds. The number of amides is 2. The number of nitrogens with zero attached hydrogens (tertiary/aromatic N) is 2. The lowest BCUT2D eigenvalue weighted by Crippen LogP contribution is -2.45. The molecule has 3 aliphatic heterocycles. The van der Waals surface area contributed by atoms with Crippen molar-refractivity contribution in [3.05, 3.63) is 94.6 Å². The monoisotopic (exact) mass is 552 g/mol. The Morgan fingerprint density at radius 3 is 2.61 bits per heavy atom. The number of ether oxygens (including phenoxy) is 2. The van der Waals surface area contributed by atoms with Gasteiger partial charge in [0.25, 0.3) is 11.8 Å². The third-order valence-electron chi connectivity index (χ3n) is 8.20. The summed E-state index contributed by atoms with van der Waals surface area (Å²) < 4.78 is 11.6. The van der Waals surface area contributed by atoms with Gasteiger partial charge < -0.3 is 29.9 Å². The van der Waals surface area contributed by atoms with Crippen LogP contribution in [0.5, 0.6) is 11.5 Å². The van der Waals surface area contributed by atoms with Crippen molar-refractivity contribution in [3.8, 4) is 11.5 Å². The molecule has 1 unspecified atom stereocenters. The number of rotatable bonds is 7. The van der Waals surface area contributed by atoms with Gasteiger partial charge in [0.1, 0.15) is 12.8 Å². The fraction of sp³-hybridized carbons (Fsp3) is 0.333. The lowest BCUT2D eigenvalue weighted by Gasteiger charge is -2.33. The van der Waals surface area contributed by atoms with Crippen LogP contribution in [0.1, 0.15) is 51.1 Å². The molecule has 0 spiro atoms. The van der Waals surface area contributed by atoms with E-state index in [-0.39, 0.29) is 24.0 Å². The molecular weight excluding hydrogens is 516 g/mol. The molecule has 0 aliphatic carbocycles. The highest BCUT2D eigenvalue weighted by molar-refractivity contribution is 6.05. The number of methoxy groups -OCH3 is 1. The number of nitrogens with one attached hydrogen (secondary N) is 2. The normalized spacial score (nSPS) is 19.9. The molecule has 0 radical (unpaired) electrons. The zero-order valence-corrected chi connectivity index (χ0v) is 23.6. The third kappa shape index (κ3) is 5.79. The molecule has 1 atom stereocenters. The van der Waals surface area contributed by atoms with Crippen LogP contribution < -0.4 is 20.1 Å². The van der Waals surface area contributed by atoms with E-state index in [1.54, 1.807) is 19.2 Å². The minimum atomic E-state index is -0.266. The Morgan fingerprint density at radius 1 is 1.02 bits per heavy atom. The first-order valence-corrected chi connectivity index (χ1v) is 14.2. The second-order valence-corrected chi connectivity index (χ2v) is 11.0. The molecule has 3 aliphatic rings. The summed E-state index contributed by atoms with van der Waals surface area (Å²) in [7, 11) is 3.74. The Kier molecular flexibility index (Phi) is 7.65. The molecule has 3 aromatic carbocycles. The van der Waals surface area contributed by atoms with Gasteiger partial charge >= 0.3 is 0 Å². The van der Waals surface area contributed by atoms with Crippen molar-refractivity contribution < 1.29 is 19.1 Å². The molecule has 6 rings (SSSR count). The van der Waals surface area contributed by atoms with Crippen molar-refractivity contribution in [1.29, 1.82) is 0 Å². The number of piperidine rings is 1. The Bertz CT molecular complexity index is 1460. The van der Waals surface area contributed by atoms with Gasteiger partial charge in [-0.3, -0.25) is 9.59 Å². The molecule has 41 heavy (non-hydrogen) atoms. The number of likely N-dealkylation sites (tertiary alicyclic amines) is 1. The number of fused-ring (bicyclic) bond motifs is 2.